The van der Waals surface area contributed by atoms with Gasteiger partial charge in [0.1, 0.15) is 4.90 Å². The number of hydrogen-bond donors (Lipinski definition) is 1. The van der Waals surface area contributed by atoms with Crippen molar-refractivity contribution in [3.05, 3.63) is 51.4 Å². The van der Waals surface area contributed by atoms with Gasteiger partial charge in [0.2, 0.25) is 5.96 Å². The summed E-state index contributed by atoms with van der Waals surface area (Å²) in [6.45, 7) is 0. The Morgan fingerprint density at radius 3 is 2.79 bits per heavy atom. The lowest BCUT2D eigenvalue weighted by Gasteiger charge is -2.25. The Bertz CT molecular complexity index is 964. The fourth-order valence-corrected chi connectivity index (χ4v) is 3.95. The van der Waals surface area contributed by atoms with Crippen LogP contribution in [0.5, 0.6) is 0 Å². The van der Waals surface area contributed by atoms with Crippen molar-refractivity contribution in [2.75, 3.05) is 11.9 Å². The van der Waals surface area contributed by atoms with E-state index >= 15 is 0 Å². The standard InChI is InChI=1S/C13H11N5O4S2/c1-17-10-4-2-3-5-11(10)24(21,22)16-13(17)15-14-8-9-6-7-12(23-9)18(19)20/h2-8H,1H3,(H,15,16)/b14-8-. The first kappa shape index (κ1) is 16.1. The van der Waals surface area contributed by atoms with Crippen molar-refractivity contribution >= 4 is 44.2 Å². The van der Waals surface area contributed by atoms with Crippen molar-refractivity contribution in [2.24, 2.45) is 9.50 Å². The van der Waals surface area contributed by atoms with Gasteiger partial charge in [-0.15, -0.1) is 4.40 Å². The summed E-state index contributed by atoms with van der Waals surface area (Å²) >= 11 is 0.957. The van der Waals surface area contributed by atoms with E-state index in [-0.39, 0.29) is 15.9 Å². The molecule has 0 amide bonds. The third-order valence-corrected chi connectivity index (χ3v) is 5.46. The summed E-state index contributed by atoms with van der Waals surface area (Å²) in [5.41, 5.74) is 3.04. The van der Waals surface area contributed by atoms with Gasteiger partial charge in [0.25, 0.3) is 10.0 Å². The van der Waals surface area contributed by atoms with Crippen molar-refractivity contribution in [3.63, 3.8) is 0 Å². The molecule has 0 fully saturated rings. The van der Waals surface area contributed by atoms with Crippen LogP contribution in [0.2, 0.25) is 0 Å². The number of rotatable bonds is 3. The molecule has 1 aliphatic rings. The molecule has 24 heavy (non-hydrogen) atoms. The number of hydrazone groups is 1. The Hall–Kier alpha value is -2.79. The maximum absolute atomic E-state index is 12.2. The lowest BCUT2D eigenvalue weighted by atomic mass is 10.3. The number of benzene rings is 1. The number of anilines is 1. The van der Waals surface area contributed by atoms with Gasteiger partial charge < -0.3 is 4.90 Å². The van der Waals surface area contributed by atoms with Crippen molar-refractivity contribution < 1.29 is 13.3 Å². The van der Waals surface area contributed by atoms with Gasteiger partial charge >= 0.3 is 5.00 Å². The van der Waals surface area contributed by atoms with E-state index in [1.54, 1.807) is 36.2 Å². The molecule has 0 saturated carbocycles. The lowest BCUT2D eigenvalue weighted by molar-refractivity contribution is -0.380. The maximum Gasteiger partial charge on any atom is 0.324 e. The van der Waals surface area contributed by atoms with Crippen LogP contribution in [-0.2, 0) is 10.0 Å². The monoisotopic (exact) mass is 365 g/mol. The molecule has 3 rings (SSSR count). The number of hydrogen-bond acceptors (Lipinski definition) is 8. The highest BCUT2D eigenvalue weighted by molar-refractivity contribution is 7.90. The summed E-state index contributed by atoms with van der Waals surface area (Å²) in [6.07, 6.45) is 1.36. The largest absolute Gasteiger partial charge is 0.324 e. The number of sulfonamides is 1. The van der Waals surface area contributed by atoms with Crippen LogP contribution >= 0.6 is 11.3 Å². The zero-order valence-corrected chi connectivity index (χ0v) is 13.9. The first-order chi connectivity index (χ1) is 11.4. The summed E-state index contributed by atoms with van der Waals surface area (Å²) in [4.78, 5) is 12.4. The minimum Gasteiger partial charge on any atom is -0.312 e. The van der Waals surface area contributed by atoms with Gasteiger partial charge in [0, 0.05) is 13.1 Å². The topological polar surface area (TPSA) is 117 Å². The molecule has 2 heterocycles. The van der Waals surface area contributed by atoms with E-state index in [1.807, 2.05) is 0 Å². The fraction of sp³-hybridized carbons (Fsp3) is 0.0769. The predicted molar refractivity (Wildman–Crippen MR) is 91.2 cm³/mol. The minimum atomic E-state index is -3.80. The van der Waals surface area contributed by atoms with Gasteiger partial charge in [-0.3, -0.25) is 10.1 Å². The second-order valence-electron chi connectivity index (χ2n) is 4.72. The van der Waals surface area contributed by atoms with Crippen molar-refractivity contribution in [1.82, 2.24) is 5.43 Å². The lowest BCUT2D eigenvalue weighted by Crippen LogP contribution is -2.40. The average Bonchev–Trinajstić information content (AvgIpc) is 3.01. The van der Waals surface area contributed by atoms with Crippen LogP contribution in [0.1, 0.15) is 4.88 Å². The van der Waals surface area contributed by atoms with E-state index in [0.29, 0.717) is 10.6 Å². The van der Waals surface area contributed by atoms with E-state index < -0.39 is 14.9 Å². The van der Waals surface area contributed by atoms with Gasteiger partial charge in [-0.2, -0.15) is 13.5 Å². The molecule has 11 heteroatoms. The maximum atomic E-state index is 12.2. The van der Waals surface area contributed by atoms with Crippen molar-refractivity contribution in [2.45, 2.75) is 4.90 Å². The SMILES string of the molecule is CN1C(N/N=C\c2ccc([N+](=O)[O-])s2)=NS(=O)(=O)c2ccccc21. The Morgan fingerprint density at radius 1 is 1.33 bits per heavy atom. The van der Waals surface area contributed by atoms with Crippen LogP contribution in [0.15, 0.2) is 50.8 Å². The van der Waals surface area contributed by atoms with Crippen molar-refractivity contribution in [3.8, 4) is 0 Å². The van der Waals surface area contributed by atoms with Crippen LogP contribution in [0.3, 0.4) is 0 Å². The van der Waals surface area contributed by atoms with E-state index in [4.69, 9.17) is 0 Å². The molecule has 0 atom stereocenters. The molecule has 0 bridgehead atoms. The summed E-state index contributed by atoms with van der Waals surface area (Å²) in [6, 6.07) is 9.41. The average molecular weight is 365 g/mol. The van der Waals surface area contributed by atoms with Crippen LogP contribution in [-0.4, -0.2) is 32.6 Å². The first-order valence-corrected chi connectivity index (χ1v) is 8.85. The molecule has 1 aliphatic heterocycles. The molecular weight excluding hydrogens is 354 g/mol. The molecule has 9 nitrogen and oxygen atoms in total. The molecule has 0 radical (unpaired) electrons. The van der Waals surface area contributed by atoms with Gasteiger partial charge in [-0.1, -0.05) is 23.5 Å². The summed E-state index contributed by atoms with van der Waals surface area (Å²) in [7, 11) is -2.15. The molecule has 1 aromatic carbocycles. The second-order valence-corrected chi connectivity index (χ2v) is 7.39. The molecule has 0 aliphatic carbocycles. The number of fused-ring (bicyclic) bond motifs is 1. The highest BCUT2D eigenvalue weighted by Crippen LogP contribution is 2.29. The summed E-state index contributed by atoms with van der Waals surface area (Å²) in [5, 5.41) is 14.5. The molecule has 2 aromatic rings. The van der Waals surface area contributed by atoms with E-state index in [0.717, 1.165) is 11.3 Å². The second kappa shape index (κ2) is 6.02. The number of nitrogens with zero attached hydrogens (tertiary/aromatic N) is 4. The third kappa shape index (κ3) is 2.98. The van der Waals surface area contributed by atoms with Crippen LogP contribution in [0, 0.1) is 10.1 Å². The zero-order chi connectivity index (χ0) is 17.3. The first-order valence-electron chi connectivity index (χ1n) is 6.59. The number of guanidine groups is 1. The van der Waals surface area contributed by atoms with Crippen LogP contribution in [0.25, 0.3) is 0 Å². The molecule has 1 aromatic heterocycles. The molecule has 124 valence electrons. The van der Waals surface area contributed by atoms with Crippen LogP contribution in [0.4, 0.5) is 10.7 Å². The number of thiophene rings is 1. The van der Waals surface area contributed by atoms with Gasteiger partial charge in [-0.05, 0) is 18.2 Å². The Balaban J connectivity index is 1.81. The van der Waals surface area contributed by atoms with Crippen molar-refractivity contribution in [1.29, 1.82) is 0 Å². The van der Waals surface area contributed by atoms with E-state index in [2.05, 4.69) is 14.9 Å². The molecular formula is C13H11N5O4S2. The number of para-hydroxylation sites is 1. The molecule has 0 unspecified atom stereocenters. The van der Waals surface area contributed by atoms with Gasteiger partial charge in [0.05, 0.1) is 21.7 Å². The summed E-state index contributed by atoms with van der Waals surface area (Å²) < 4.78 is 28.0. The number of nitro groups is 1. The van der Waals surface area contributed by atoms with Gasteiger partial charge in [0.15, 0.2) is 0 Å². The zero-order valence-electron chi connectivity index (χ0n) is 12.3. The van der Waals surface area contributed by atoms with E-state index in [9.17, 15) is 18.5 Å². The fourth-order valence-electron chi connectivity index (χ4n) is 2.05. The molecule has 0 spiro atoms. The Kier molecular flexibility index (Phi) is 4.03. The molecule has 0 saturated heterocycles. The molecule has 1 N–H and O–H groups in total. The predicted octanol–water partition coefficient (Wildman–Crippen LogP) is 1.77. The quantitative estimate of drug-likeness (QED) is 0.503. The highest BCUT2D eigenvalue weighted by atomic mass is 32.2. The minimum absolute atomic E-state index is 0.0000742. The number of nitrogens with one attached hydrogen (secondary N) is 1. The normalized spacial score (nSPS) is 15.9. The Labute approximate surface area is 141 Å². The summed E-state index contributed by atoms with van der Waals surface area (Å²) in [5.74, 6) is 0.0380. The highest BCUT2D eigenvalue weighted by Gasteiger charge is 2.28. The van der Waals surface area contributed by atoms with E-state index in [1.165, 1.54) is 18.3 Å². The smallest absolute Gasteiger partial charge is 0.312 e. The third-order valence-electron chi connectivity index (χ3n) is 3.18. The van der Waals surface area contributed by atoms with Crippen LogP contribution < -0.4 is 10.3 Å². The Morgan fingerprint density at radius 2 is 2.08 bits per heavy atom. The van der Waals surface area contributed by atoms with Gasteiger partial charge in [-0.25, -0.2) is 5.43 Å².